The summed E-state index contributed by atoms with van der Waals surface area (Å²) in [4.78, 5) is 0. The zero-order valence-corrected chi connectivity index (χ0v) is 13.3. The molecule has 0 spiro atoms. The maximum absolute atomic E-state index is 12.3. The second-order valence-electron chi connectivity index (χ2n) is 6.92. The van der Waals surface area contributed by atoms with E-state index in [1.807, 2.05) is 0 Å². The second-order valence-corrected chi connectivity index (χ2v) is 6.92. The molecule has 23 heavy (non-hydrogen) atoms. The zero-order valence-electron chi connectivity index (χ0n) is 13.3. The largest absolute Gasteiger partial charge is 0.435 e. The van der Waals surface area contributed by atoms with Crippen molar-refractivity contribution in [2.24, 2.45) is 11.3 Å². The SMILES string of the molecule is CC1(C)[C@H](NC[C@H](O)c2cccc(OC(F)F)c2)[C@H]2CCO[C@H]21. The minimum atomic E-state index is -2.87. The van der Waals surface area contributed by atoms with E-state index in [-0.39, 0.29) is 11.2 Å². The van der Waals surface area contributed by atoms with Gasteiger partial charge in [-0.3, -0.25) is 0 Å². The Morgan fingerprint density at radius 3 is 2.96 bits per heavy atom. The molecule has 1 aliphatic carbocycles. The molecule has 1 aromatic carbocycles. The van der Waals surface area contributed by atoms with Gasteiger partial charge in [-0.2, -0.15) is 8.78 Å². The fourth-order valence-electron chi connectivity index (χ4n) is 3.99. The fourth-order valence-corrected chi connectivity index (χ4v) is 3.99. The minimum Gasteiger partial charge on any atom is -0.435 e. The molecule has 0 unspecified atom stereocenters. The van der Waals surface area contributed by atoms with Gasteiger partial charge in [-0.1, -0.05) is 26.0 Å². The minimum absolute atomic E-state index is 0.0432. The van der Waals surface area contributed by atoms with Crippen molar-refractivity contribution >= 4 is 0 Å². The molecule has 4 atom stereocenters. The Morgan fingerprint density at radius 1 is 1.43 bits per heavy atom. The van der Waals surface area contributed by atoms with Gasteiger partial charge in [-0.25, -0.2) is 0 Å². The average Bonchev–Trinajstić information content (AvgIpc) is 2.93. The van der Waals surface area contributed by atoms with Crippen LogP contribution < -0.4 is 10.1 Å². The van der Waals surface area contributed by atoms with Gasteiger partial charge < -0.3 is 19.9 Å². The number of hydrogen-bond donors (Lipinski definition) is 2. The van der Waals surface area contributed by atoms with E-state index in [1.165, 1.54) is 12.1 Å². The molecule has 0 radical (unpaired) electrons. The summed E-state index contributed by atoms with van der Waals surface area (Å²) in [7, 11) is 0. The molecule has 1 aliphatic heterocycles. The quantitative estimate of drug-likeness (QED) is 0.843. The lowest BCUT2D eigenvalue weighted by Gasteiger charge is -2.55. The van der Waals surface area contributed by atoms with Crippen LogP contribution in [0.1, 0.15) is 31.9 Å². The van der Waals surface area contributed by atoms with Crippen LogP contribution in [0.25, 0.3) is 0 Å². The molecule has 0 amide bonds. The molecule has 3 rings (SSSR count). The van der Waals surface area contributed by atoms with Crippen LogP contribution >= 0.6 is 0 Å². The molecular formula is C17H23F2NO3. The highest BCUT2D eigenvalue weighted by Crippen LogP contribution is 2.52. The summed E-state index contributed by atoms with van der Waals surface area (Å²) in [6.45, 7) is 2.64. The fraction of sp³-hybridized carbons (Fsp3) is 0.647. The van der Waals surface area contributed by atoms with Crippen molar-refractivity contribution in [3.63, 3.8) is 0 Å². The predicted octanol–water partition coefficient (Wildman–Crippen LogP) is 2.72. The van der Waals surface area contributed by atoms with Crippen molar-refractivity contribution in [2.45, 2.75) is 45.1 Å². The molecular weight excluding hydrogens is 304 g/mol. The van der Waals surface area contributed by atoms with E-state index < -0.39 is 12.7 Å². The lowest BCUT2D eigenvalue weighted by molar-refractivity contribution is -0.114. The van der Waals surface area contributed by atoms with Gasteiger partial charge in [-0.15, -0.1) is 0 Å². The van der Waals surface area contributed by atoms with Crippen LogP contribution in [0.2, 0.25) is 0 Å². The van der Waals surface area contributed by atoms with Gasteiger partial charge in [0.15, 0.2) is 0 Å². The van der Waals surface area contributed by atoms with Gasteiger partial charge in [0.2, 0.25) is 0 Å². The van der Waals surface area contributed by atoms with Crippen LogP contribution in [0.5, 0.6) is 5.75 Å². The number of alkyl halides is 2. The first-order valence-electron chi connectivity index (χ1n) is 7.97. The Labute approximate surface area is 134 Å². The molecule has 1 aromatic rings. The highest BCUT2D eigenvalue weighted by Gasteiger charge is 2.58. The van der Waals surface area contributed by atoms with Gasteiger partial charge in [-0.05, 0) is 24.1 Å². The van der Waals surface area contributed by atoms with E-state index in [0.29, 0.717) is 30.2 Å². The number of benzene rings is 1. The van der Waals surface area contributed by atoms with E-state index in [1.54, 1.807) is 12.1 Å². The summed E-state index contributed by atoms with van der Waals surface area (Å²) in [6.07, 6.45) is 0.563. The number of aliphatic hydroxyl groups excluding tert-OH is 1. The molecule has 1 heterocycles. The van der Waals surface area contributed by atoms with Crippen LogP contribution in [-0.2, 0) is 4.74 Å². The summed E-state index contributed by atoms with van der Waals surface area (Å²) < 4.78 is 34.6. The Morgan fingerprint density at radius 2 is 2.22 bits per heavy atom. The van der Waals surface area contributed by atoms with Crippen molar-refractivity contribution in [2.75, 3.05) is 13.2 Å². The maximum atomic E-state index is 12.3. The lowest BCUT2D eigenvalue weighted by atomic mass is 9.57. The van der Waals surface area contributed by atoms with E-state index in [4.69, 9.17) is 4.74 Å². The molecule has 1 saturated carbocycles. The van der Waals surface area contributed by atoms with Crippen LogP contribution in [0.4, 0.5) is 8.78 Å². The van der Waals surface area contributed by atoms with E-state index >= 15 is 0 Å². The molecule has 2 N–H and O–H groups in total. The van der Waals surface area contributed by atoms with Gasteiger partial charge in [0.05, 0.1) is 12.2 Å². The Hall–Kier alpha value is -1.24. The summed E-state index contributed by atoms with van der Waals surface area (Å²) in [6, 6.07) is 6.50. The van der Waals surface area contributed by atoms with E-state index in [2.05, 4.69) is 23.9 Å². The number of fused-ring (bicyclic) bond motifs is 1. The number of rotatable bonds is 6. The zero-order chi connectivity index (χ0) is 16.6. The molecule has 1 saturated heterocycles. The third kappa shape index (κ3) is 3.20. The standard InChI is InChI=1S/C17H23F2NO3/c1-17(2)14(12-6-7-22-15(12)17)20-9-13(21)10-4-3-5-11(8-10)23-16(18)19/h3-5,8,12-16,20-21H,6-7,9H2,1-2H3/t12-,13+,14-,15-/m1/s1. The summed E-state index contributed by atoms with van der Waals surface area (Å²) in [5.41, 5.74) is 0.605. The average molecular weight is 327 g/mol. The second kappa shape index (κ2) is 6.34. The Balaban J connectivity index is 1.58. The van der Waals surface area contributed by atoms with Gasteiger partial charge in [0, 0.05) is 30.5 Å². The molecule has 6 heteroatoms. The molecule has 4 nitrogen and oxygen atoms in total. The predicted molar refractivity (Wildman–Crippen MR) is 81.5 cm³/mol. The highest BCUT2D eigenvalue weighted by molar-refractivity contribution is 5.30. The van der Waals surface area contributed by atoms with Gasteiger partial charge in [0.25, 0.3) is 0 Å². The first-order valence-corrected chi connectivity index (χ1v) is 7.97. The number of aliphatic hydroxyl groups is 1. The third-order valence-electron chi connectivity index (χ3n) is 5.10. The summed E-state index contributed by atoms with van der Waals surface area (Å²) >= 11 is 0. The van der Waals surface area contributed by atoms with Gasteiger partial charge in [0.1, 0.15) is 5.75 Å². The van der Waals surface area contributed by atoms with Crippen molar-refractivity contribution in [1.29, 1.82) is 0 Å². The molecule has 2 fully saturated rings. The van der Waals surface area contributed by atoms with Crippen molar-refractivity contribution in [3.05, 3.63) is 29.8 Å². The van der Waals surface area contributed by atoms with E-state index in [0.717, 1.165) is 13.0 Å². The molecule has 128 valence electrons. The normalized spacial score (nSPS) is 29.9. The third-order valence-corrected chi connectivity index (χ3v) is 5.10. The van der Waals surface area contributed by atoms with Crippen LogP contribution in [-0.4, -0.2) is 37.0 Å². The molecule has 2 aliphatic rings. The van der Waals surface area contributed by atoms with Crippen LogP contribution in [0.15, 0.2) is 24.3 Å². The Kier molecular flexibility index (Phi) is 4.58. The van der Waals surface area contributed by atoms with Crippen LogP contribution in [0.3, 0.4) is 0 Å². The number of hydrogen-bond acceptors (Lipinski definition) is 4. The topological polar surface area (TPSA) is 50.7 Å². The van der Waals surface area contributed by atoms with Crippen molar-refractivity contribution < 1.29 is 23.4 Å². The highest BCUT2D eigenvalue weighted by atomic mass is 19.3. The monoisotopic (exact) mass is 327 g/mol. The van der Waals surface area contributed by atoms with Crippen molar-refractivity contribution in [1.82, 2.24) is 5.32 Å². The maximum Gasteiger partial charge on any atom is 0.387 e. The molecule has 0 bridgehead atoms. The Bertz CT molecular complexity index is 552. The van der Waals surface area contributed by atoms with E-state index in [9.17, 15) is 13.9 Å². The first kappa shape index (κ1) is 16.6. The van der Waals surface area contributed by atoms with Crippen LogP contribution in [0, 0.1) is 11.3 Å². The molecule has 0 aromatic heterocycles. The number of ether oxygens (including phenoxy) is 2. The smallest absolute Gasteiger partial charge is 0.387 e. The van der Waals surface area contributed by atoms with Gasteiger partial charge >= 0.3 is 6.61 Å². The number of halogens is 2. The summed E-state index contributed by atoms with van der Waals surface area (Å²) in [5, 5.41) is 13.7. The lowest BCUT2D eigenvalue weighted by Crippen LogP contribution is -2.66. The number of nitrogens with one attached hydrogen (secondary N) is 1. The first-order chi connectivity index (χ1) is 10.9. The summed E-state index contributed by atoms with van der Waals surface area (Å²) in [5.74, 6) is 0.551. The van der Waals surface area contributed by atoms with Crippen molar-refractivity contribution in [3.8, 4) is 5.75 Å².